The van der Waals surface area contributed by atoms with Crippen molar-refractivity contribution in [1.82, 2.24) is 4.57 Å². The Hall–Kier alpha value is -1.22. The van der Waals surface area contributed by atoms with E-state index in [2.05, 4.69) is 4.18 Å². The molecule has 0 fully saturated rings. The van der Waals surface area contributed by atoms with E-state index < -0.39 is 32.0 Å². The molecule has 0 unspecified atom stereocenters. The van der Waals surface area contributed by atoms with E-state index in [1.54, 1.807) is 0 Å². The summed E-state index contributed by atoms with van der Waals surface area (Å²) < 4.78 is 63.1. The number of pyridine rings is 1. The highest BCUT2D eigenvalue weighted by molar-refractivity contribution is 7.88. The molecule has 1 heterocycles. The molecule has 0 atom stereocenters. The maximum Gasteiger partial charge on any atom is 0.534 e. The Morgan fingerprint density at radius 2 is 2.00 bits per heavy atom. The van der Waals surface area contributed by atoms with Crippen molar-refractivity contribution >= 4 is 21.7 Å². The topological polar surface area (TPSA) is 65.4 Å². The van der Waals surface area contributed by atoms with Gasteiger partial charge in [-0.3, -0.25) is 4.79 Å². The van der Waals surface area contributed by atoms with Gasteiger partial charge in [0.1, 0.15) is 5.02 Å². The molecule has 0 saturated heterocycles. The molecule has 0 spiro atoms. The van der Waals surface area contributed by atoms with Gasteiger partial charge in [-0.2, -0.15) is 21.6 Å². The van der Waals surface area contributed by atoms with Gasteiger partial charge in [0.15, 0.2) is 5.75 Å². The Labute approximate surface area is 118 Å². The molecule has 0 saturated carbocycles. The summed E-state index contributed by atoms with van der Waals surface area (Å²) in [5.41, 5.74) is -6.40. The first-order valence-electron chi connectivity index (χ1n) is 5.50. The van der Waals surface area contributed by atoms with Crippen LogP contribution in [0.15, 0.2) is 17.1 Å². The van der Waals surface area contributed by atoms with E-state index in [1.807, 2.05) is 6.92 Å². The first-order valence-corrected chi connectivity index (χ1v) is 7.28. The van der Waals surface area contributed by atoms with Crippen molar-refractivity contribution in [2.75, 3.05) is 0 Å². The van der Waals surface area contributed by atoms with Gasteiger partial charge < -0.3 is 8.75 Å². The summed E-state index contributed by atoms with van der Waals surface area (Å²) in [6, 6.07) is 0.905. The van der Waals surface area contributed by atoms with Crippen LogP contribution in [0.4, 0.5) is 13.2 Å². The Bertz CT molecular complexity index is 639. The number of alkyl halides is 3. The van der Waals surface area contributed by atoms with E-state index in [4.69, 9.17) is 11.6 Å². The number of nitrogens with zero attached hydrogens (tertiary/aromatic N) is 1. The lowest BCUT2D eigenvalue weighted by atomic mass is 10.3. The van der Waals surface area contributed by atoms with Gasteiger partial charge in [0.05, 0.1) is 0 Å². The van der Waals surface area contributed by atoms with E-state index in [-0.39, 0.29) is 0 Å². The first kappa shape index (κ1) is 16.8. The van der Waals surface area contributed by atoms with Crippen LogP contribution in [0.1, 0.15) is 19.8 Å². The molecule has 1 aromatic rings. The summed E-state index contributed by atoms with van der Waals surface area (Å²) >= 11 is 5.54. The molecule has 0 N–H and O–H groups in total. The van der Waals surface area contributed by atoms with Gasteiger partial charge in [-0.05, 0) is 6.42 Å². The van der Waals surface area contributed by atoms with E-state index in [9.17, 15) is 26.4 Å². The summed E-state index contributed by atoms with van der Waals surface area (Å²) in [6.07, 6.45) is 2.59. The monoisotopic (exact) mass is 333 g/mol. The van der Waals surface area contributed by atoms with Gasteiger partial charge in [0, 0.05) is 18.8 Å². The number of hydrogen-bond donors (Lipinski definition) is 0. The fraction of sp³-hybridized carbons (Fsp3) is 0.500. The highest BCUT2D eigenvalue weighted by Gasteiger charge is 2.48. The minimum atomic E-state index is -5.85. The van der Waals surface area contributed by atoms with Crippen molar-refractivity contribution in [2.45, 2.75) is 31.8 Å². The molecule has 0 bridgehead atoms. The molecular weight excluding hydrogens is 323 g/mol. The third-order valence-electron chi connectivity index (χ3n) is 2.31. The second kappa shape index (κ2) is 6.04. The summed E-state index contributed by atoms with van der Waals surface area (Å²) in [5, 5.41) is -0.712. The molecule has 0 amide bonds. The van der Waals surface area contributed by atoms with Crippen molar-refractivity contribution in [1.29, 1.82) is 0 Å². The third-order valence-corrected chi connectivity index (χ3v) is 3.62. The smallest absolute Gasteiger partial charge is 0.374 e. The summed E-state index contributed by atoms with van der Waals surface area (Å²) in [6.45, 7) is 2.21. The first-order chi connectivity index (χ1) is 9.10. The van der Waals surface area contributed by atoms with Crippen LogP contribution in [0.3, 0.4) is 0 Å². The zero-order valence-electron chi connectivity index (χ0n) is 10.3. The number of aryl methyl sites for hydroxylation is 1. The number of unbranched alkanes of at least 4 members (excludes halogenated alkanes) is 1. The zero-order chi connectivity index (χ0) is 15.6. The summed E-state index contributed by atoms with van der Waals surface area (Å²) in [4.78, 5) is 11.7. The Kier molecular flexibility index (Phi) is 5.09. The molecule has 1 rings (SSSR count). The Balaban J connectivity index is 3.12. The standard InChI is InChI=1S/C10H11ClF3NO4S/c1-2-3-5-15-6-4-7(8(11)9(15)16)19-20(17,18)10(12,13)14/h4,6H,2-3,5H2,1H3. The maximum absolute atomic E-state index is 12.2. The van der Waals surface area contributed by atoms with E-state index >= 15 is 0 Å². The van der Waals surface area contributed by atoms with Crippen LogP contribution < -0.4 is 9.74 Å². The van der Waals surface area contributed by atoms with Crippen molar-refractivity contribution < 1.29 is 25.8 Å². The summed E-state index contributed by atoms with van der Waals surface area (Å²) in [5.74, 6) is -0.846. The fourth-order valence-corrected chi connectivity index (χ4v) is 1.99. The van der Waals surface area contributed by atoms with Gasteiger partial charge in [-0.25, -0.2) is 0 Å². The molecule has 114 valence electrons. The lowest BCUT2D eigenvalue weighted by Crippen LogP contribution is -2.29. The molecule has 1 aromatic heterocycles. The molecule has 20 heavy (non-hydrogen) atoms. The Morgan fingerprint density at radius 1 is 1.40 bits per heavy atom. The average molecular weight is 334 g/mol. The van der Waals surface area contributed by atoms with Crippen molar-refractivity contribution in [3.8, 4) is 5.75 Å². The quantitative estimate of drug-likeness (QED) is 0.613. The van der Waals surface area contributed by atoms with Crippen LogP contribution in [-0.4, -0.2) is 18.5 Å². The van der Waals surface area contributed by atoms with Gasteiger partial charge in [0.2, 0.25) is 0 Å². The molecule has 0 aliphatic heterocycles. The zero-order valence-corrected chi connectivity index (χ0v) is 11.8. The second-order valence-electron chi connectivity index (χ2n) is 3.83. The number of hydrogen-bond acceptors (Lipinski definition) is 4. The van der Waals surface area contributed by atoms with Crippen LogP contribution in [0, 0.1) is 0 Å². The molecule has 0 aliphatic carbocycles. The van der Waals surface area contributed by atoms with Gasteiger partial charge in [-0.1, -0.05) is 24.9 Å². The minimum Gasteiger partial charge on any atom is -0.374 e. The summed E-state index contributed by atoms with van der Waals surface area (Å²) in [7, 11) is -5.85. The largest absolute Gasteiger partial charge is 0.534 e. The Morgan fingerprint density at radius 3 is 2.50 bits per heavy atom. The fourth-order valence-electron chi connectivity index (χ4n) is 1.26. The van der Waals surface area contributed by atoms with Crippen molar-refractivity contribution in [3.63, 3.8) is 0 Å². The van der Waals surface area contributed by atoms with Crippen LogP contribution in [0.2, 0.25) is 5.02 Å². The highest BCUT2D eigenvalue weighted by Crippen LogP contribution is 2.29. The number of rotatable bonds is 5. The van der Waals surface area contributed by atoms with E-state index in [0.717, 1.165) is 18.7 Å². The predicted octanol–water partition coefficient (Wildman–Crippen LogP) is 2.53. The molecular formula is C10H11ClF3NO4S. The van der Waals surface area contributed by atoms with Crippen LogP contribution in [0.25, 0.3) is 0 Å². The minimum absolute atomic E-state index is 0.321. The van der Waals surface area contributed by atoms with Gasteiger partial charge >= 0.3 is 15.6 Å². The SMILES string of the molecule is CCCCn1ccc(OS(=O)(=O)C(F)(F)F)c(Cl)c1=O. The lowest BCUT2D eigenvalue weighted by molar-refractivity contribution is -0.0500. The average Bonchev–Trinajstić information content (AvgIpc) is 2.32. The van der Waals surface area contributed by atoms with Gasteiger partial charge in [0.25, 0.3) is 5.56 Å². The molecule has 0 aliphatic rings. The number of halogens is 4. The molecule has 0 radical (unpaired) electrons. The predicted molar refractivity (Wildman–Crippen MR) is 66.2 cm³/mol. The second-order valence-corrected chi connectivity index (χ2v) is 5.75. The molecule has 5 nitrogen and oxygen atoms in total. The van der Waals surface area contributed by atoms with Crippen LogP contribution in [-0.2, 0) is 16.7 Å². The number of aromatic nitrogens is 1. The van der Waals surface area contributed by atoms with Gasteiger partial charge in [-0.15, -0.1) is 0 Å². The highest BCUT2D eigenvalue weighted by atomic mass is 35.5. The molecule has 0 aromatic carbocycles. The van der Waals surface area contributed by atoms with E-state index in [1.165, 1.54) is 4.57 Å². The normalized spacial score (nSPS) is 12.4. The van der Waals surface area contributed by atoms with E-state index in [0.29, 0.717) is 13.0 Å². The van der Waals surface area contributed by atoms with Crippen molar-refractivity contribution in [2.24, 2.45) is 0 Å². The van der Waals surface area contributed by atoms with Crippen LogP contribution >= 0.6 is 11.6 Å². The maximum atomic E-state index is 12.2. The lowest BCUT2D eigenvalue weighted by Gasteiger charge is -2.11. The van der Waals surface area contributed by atoms with Crippen molar-refractivity contribution in [3.05, 3.63) is 27.6 Å². The van der Waals surface area contributed by atoms with Crippen LogP contribution in [0.5, 0.6) is 5.75 Å². The third kappa shape index (κ3) is 3.66. The molecule has 10 heteroatoms.